The number of ketones is 1. The van der Waals surface area contributed by atoms with Gasteiger partial charge >= 0.3 is 0 Å². The van der Waals surface area contributed by atoms with Crippen molar-refractivity contribution in [3.8, 4) is 0 Å². The van der Waals surface area contributed by atoms with Crippen LogP contribution in [0.25, 0.3) is 0 Å². The molecular formula is C13H17NO. The number of piperidine rings is 1. The van der Waals surface area contributed by atoms with Crippen LogP contribution in [0.15, 0.2) is 30.3 Å². The maximum absolute atomic E-state index is 11.7. The van der Waals surface area contributed by atoms with Crippen molar-refractivity contribution in [2.75, 3.05) is 13.6 Å². The lowest BCUT2D eigenvalue weighted by atomic mass is 9.85. The van der Waals surface area contributed by atoms with Gasteiger partial charge in [0, 0.05) is 24.9 Å². The number of rotatable bonds is 1. The molecule has 0 aromatic heterocycles. The largest absolute Gasteiger partial charge is 0.299 e. The van der Waals surface area contributed by atoms with Crippen molar-refractivity contribution in [3.05, 3.63) is 35.9 Å². The molecule has 0 amide bonds. The van der Waals surface area contributed by atoms with E-state index in [0.717, 1.165) is 6.54 Å². The highest BCUT2D eigenvalue weighted by atomic mass is 16.1. The second-order valence-electron chi connectivity index (χ2n) is 4.34. The number of carbonyl (C=O) groups excluding carboxylic acids is 1. The van der Waals surface area contributed by atoms with E-state index in [0.29, 0.717) is 12.2 Å². The van der Waals surface area contributed by atoms with E-state index in [1.54, 1.807) is 0 Å². The molecule has 2 atom stereocenters. The summed E-state index contributed by atoms with van der Waals surface area (Å²) >= 11 is 0. The zero-order valence-electron chi connectivity index (χ0n) is 9.31. The Morgan fingerprint density at radius 3 is 2.60 bits per heavy atom. The van der Waals surface area contributed by atoms with Crippen LogP contribution in [0.5, 0.6) is 0 Å². The molecule has 0 unspecified atom stereocenters. The first-order valence-electron chi connectivity index (χ1n) is 5.48. The highest BCUT2D eigenvalue weighted by Gasteiger charge is 2.32. The van der Waals surface area contributed by atoms with Crippen LogP contribution in [0.2, 0.25) is 0 Å². The molecule has 0 bridgehead atoms. The molecule has 0 aliphatic carbocycles. The molecular weight excluding hydrogens is 186 g/mol. The van der Waals surface area contributed by atoms with Crippen molar-refractivity contribution < 1.29 is 4.79 Å². The van der Waals surface area contributed by atoms with Gasteiger partial charge in [0.15, 0.2) is 0 Å². The lowest BCUT2D eigenvalue weighted by Crippen LogP contribution is -2.40. The second kappa shape index (κ2) is 4.15. The topological polar surface area (TPSA) is 20.3 Å². The molecule has 0 spiro atoms. The minimum atomic E-state index is 0.117. The average Bonchev–Trinajstić information content (AvgIpc) is 2.26. The molecule has 2 nitrogen and oxygen atoms in total. The Morgan fingerprint density at radius 2 is 1.93 bits per heavy atom. The van der Waals surface area contributed by atoms with E-state index in [4.69, 9.17) is 0 Å². The molecule has 0 saturated carbocycles. The molecule has 1 aliphatic rings. The Kier molecular flexibility index (Phi) is 2.87. The highest BCUT2D eigenvalue weighted by Crippen LogP contribution is 2.32. The van der Waals surface area contributed by atoms with Gasteiger partial charge in [-0.1, -0.05) is 37.3 Å². The Hall–Kier alpha value is -1.15. The average molecular weight is 203 g/mol. The zero-order chi connectivity index (χ0) is 10.8. The van der Waals surface area contributed by atoms with Gasteiger partial charge in [0.25, 0.3) is 0 Å². The van der Waals surface area contributed by atoms with Gasteiger partial charge in [-0.2, -0.15) is 0 Å². The van der Waals surface area contributed by atoms with Gasteiger partial charge in [0.1, 0.15) is 5.78 Å². The van der Waals surface area contributed by atoms with Crippen molar-refractivity contribution >= 4 is 5.78 Å². The van der Waals surface area contributed by atoms with Crippen molar-refractivity contribution in [1.82, 2.24) is 4.90 Å². The predicted octanol–water partition coefficient (Wildman–Crippen LogP) is 2.27. The monoisotopic (exact) mass is 203 g/mol. The van der Waals surface area contributed by atoms with Crippen LogP contribution in [0.1, 0.15) is 24.9 Å². The summed E-state index contributed by atoms with van der Waals surface area (Å²) in [5.74, 6) is 0.508. The van der Waals surface area contributed by atoms with Crippen LogP contribution in [-0.2, 0) is 4.79 Å². The van der Waals surface area contributed by atoms with Gasteiger partial charge in [-0.05, 0) is 12.6 Å². The van der Waals surface area contributed by atoms with Gasteiger partial charge in [0.05, 0.1) is 0 Å². The molecule has 15 heavy (non-hydrogen) atoms. The maximum Gasteiger partial charge on any atom is 0.138 e. The summed E-state index contributed by atoms with van der Waals surface area (Å²) in [6.45, 7) is 2.92. The van der Waals surface area contributed by atoms with Gasteiger partial charge in [0.2, 0.25) is 0 Å². The molecule has 0 radical (unpaired) electrons. The zero-order valence-corrected chi connectivity index (χ0v) is 9.31. The minimum absolute atomic E-state index is 0.117. The van der Waals surface area contributed by atoms with Crippen LogP contribution >= 0.6 is 0 Å². The molecule has 1 heterocycles. The van der Waals surface area contributed by atoms with Crippen molar-refractivity contribution in [2.24, 2.45) is 5.92 Å². The molecule has 80 valence electrons. The fourth-order valence-electron chi connectivity index (χ4n) is 2.40. The van der Waals surface area contributed by atoms with E-state index in [-0.39, 0.29) is 12.0 Å². The molecule has 1 saturated heterocycles. The van der Waals surface area contributed by atoms with E-state index in [9.17, 15) is 4.79 Å². The number of carbonyl (C=O) groups is 1. The molecule has 1 aromatic rings. The van der Waals surface area contributed by atoms with Crippen LogP contribution in [0.3, 0.4) is 0 Å². The molecule has 2 rings (SSSR count). The molecule has 1 aliphatic heterocycles. The first-order chi connectivity index (χ1) is 7.20. The third-order valence-electron chi connectivity index (χ3n) is 3.31. The van der Waals surface area contributed by atoms with Crippen LogP contribution in [0.4, 0.5) is 0 Å². The molecule has 0 N–H and O–H groups in total. The van der Waals surface area contributed by atoms with Gasteiger partial charge in [-0.15, -0.1) is 0 Å². The highest BCUT2D eigenvalue weighted by molar-refractivity contribution is 5.82. The first kappa shape index (κ1) is 10.4. The Labute approximate surface area is 90.9 Å². The van der Waals surface area contributed by atoms with Crippen LogP contribution in [-0.4, -0.2) is 24.3 Å². The molecule has 1 aromatic carbocycles. The number of nitrogens with zero attached hydrogens (tertiary/aromatic N) is 1. The summed E-state index contributed by atoms with van der Waals surface area (Å²) in [6, 6.07) is 10.6. The summed E-state index contributed by atoms with van der Waals surface area (Å²) in [5, 5.41) is 0. The second-order valence-corrected chi connectivity index (χ2v) is 4.34. The number of hydrogen-bond donors (Lipinski definition) is 0. The number of hydrogen-bond acceptors (Lipinski definition) is 2. The summed E-state index contributed by atoms with van der Waals surface area (Å²) in [4.78, 5) is 14.0. The Morgan fingerprint density at radius 1 is 1.27 bits per heavy atom. The standard InChI is InChI=1S/C13H17NO/c1-10-12(15)8-9-14(2)13(10)11-6-4-3-5-7-11/h3-7,10,13H,8-9H2,1-2H3/t10-,13+/m1/s1. The Balaban J connectivity index is 2.29. The minimum Gasteiger partial charge on any atom is -0.299 e. The smallest absolute Gasteiger partial charge is 0.138 e. The first-order valence-corrected chi connectivity index (χ1v) is 5.48. The maximum atomic E-state index is 11.7. The fourth-order valence-corrected chi connectivity index (χ4v) is 2.40. The molecule has 2 heteroatoms. The number of likely N-dealkylation sites (tertiary alicyclic amines) is 1. The summed E-state index contributed by atoms with van der Waals surface area (Å²) < 4.78 is 0. The quantitative estimate of drug-likeness (QED) is 0.698. The van der Waals surface area contributed by atoms with Crippen LogP contribution < -0.4 is 0 Å². The summed E-state index contributed by atoms with van der Waals surface area (Å²) in [7, 11) is 2.10. The van der Waals surface area contributed by atoms with E-state index in [2.05, 4.69) is 24.1 Å². The number of Topliss-reactive ketones (excluding diaryl/α,β-unsaturated/α-hetero) is 1. The summed E-state index contributed by atoms with van der Waals surface area (Å²) in [5.41, 5.74) is 1.25. The van der Waals surface area contributed by atoms with E-state index >= 15 is 0 Å². The van der Waals surface area contributed by atoms with E-state index in [1.165, 1.54) is 5.56 Å². The lowest BCUT2D eigenvalue weighted by molar-refractivity contribution is -0.127. The van der Waals surface area contributed by atoms with Gasteiger partial charge in [-0.3, -0.25) is 9.69 Å². The van der Waals surface area contributed by atoms with Gasteiger partial charge < -0.3 is 0 Å². The van der Waals surface area contributed by atoms with Crippen molar-refractivity contribution in [1.29, 1.82) is 0 Å². The fraction of sp³-hybridized carbons (Fsp3) is 0.462. The normalized spacial score (nSPS) is 28.0. The van der Waals surface area contributed by atoms with Crippen molar-refractivity contribution in [2.45, 2.75) is 19.4 Å². The third-order valence-corrected chi connectivity index (χ3v) is 3.31. The van der Waals surface area contributed by atoms with Gasteiger partial charge in [-0.25, -0.2) is 0 Å². The third kappa shape index (κ3) is 1.95. The van der Waals surface area contributed by atoms with Crippen molar-refractivity contribution in [3.63, 3.8) is 0 Å². The van der Waals surface area contributed by atoms with Crippen LogP contribution in [0, 0.1) is 5.92 Å². The SMILES string of the molecule is C[C@@H]1C(=O)CCN(C)[C@@H]1c1ccccc1. The summed E-state index contributed by atoms with van der Waals surface area (Å²) in [6.07, 6.45) is 0.695. The van der Waals surface area contributed by atoms with E-state index < -0.39 is 0 Å². The predicted molar refractivity (Wildman–Crippen MR) is 60.6 cm³/mol. The molecule has 1 fully saturated rings. The van der Waals surface area contributed by atoms with E-state index in [1.807, 2.05) is 25.1 Å². The number of benzene rings is 1. The Bertz CT molecular complexity index is 347. The lowest BCUT2D eigenvalue weighted by Gasteiger charge is -2.36.